The summed E-state index contributed by atoms with van der Waals surface area (Å²) in [5.74, 6) is 0. The molecule has 160 valence electrons. The van der Waals surface area contributed by atoms with Crippen LogP contribution in [0.25, 0.3) is 0 Å². The van der Waals surface area contributed by atoms with E-state index in [1.807, 2.05) is 24.3 Å². The molecule has 0 radical (unpaired) electrons. The van der Waals surface area contributed by atoms with Gasteiger partial charge in [0.05, 0.1) is 6.54 Å². The average molecular weight is 406 g/mol. The van der Waals surface area contributed by atoms with Crippen molar-refractivity contribution in [2.24, 2.45) is 5.73 Å². The Balaban J connectivity index is 1.50. The second kappa shape index (κ2) is 8.98. The highest BCUT2D eigenvalue weighted by molar-refractivity contribution is 5.89. The number of hydrogen-bond donors (Lipinski definition) is 2. The molecule has 2 aliphatic heterocycles. The zero-order chi connectivity index (χ0) is 21.0. The topological polar surface area (TPSA) is 106 Å². The summed E-state index contributed by atoms with van der Waals surface area (Å²) in [6, 6.07) is 7.57. The molecule has 0 aromatic heterocycles. The molecule has 2 saturated heterocycles. The molecule has 2 heterocycles. The highest BCUT2D eigenvalue weighted by atomic mass is 16.7. The largest absolute Gasteiger partial charge is 0.510 e. The zero-order valence-corrected chi connectivity index (χ0v) is 17.2. The molecule has 0 bridgehead atoms. The summed E-state index contributed by atoms with van der Waals surface area (Å²) in [6.07, 6.45) is -1.77. The van der Waals surface area contributed by atoms with Gasteiger partial charge in [0, 0.05) is 38.4 Å². The molecule has 2 atom stereocenters. The first kappa shape index (κ1) is 21.4. The summed E-state index contributed by atoms with van der Waals surface area (Å²) >= 11 is 0. The van der Waals surface area contributed by atoms with E-state index in [1.54, 1.807) is 25.7 Å². The normalized spacial score (nSPS) is 23.0. The predicted molar refractivity (Wildman–Crippen MR) is 107 cm³/mol. The maximum absolute atomic E-state index is 12.3. The number of amides is 1. The summed E-state index contributed by atoms with van der Waals surface area (Å²) < 4.78 is 16.1. The Bertz CT molecular complexity index is 719. The first-order valence-corrected chi connectivity index (χ1v) is 9.86. The number of benzene rings is 1. The number of nitrogens with one attached hydrogen (secondary N) is 1. The molecule has 3 N–H and O–H groups in total. The number of cyclic esters (lactones) is 1. The van der Waals surface area contributed by atoms with Crippen molar-refractivity contribution < 1.29 is 23.8 Å². The van der Waals surface area contributed by atoms with E-state index in [0.29, 0.717) is 32.7 Å². The fraction of sp³-hybridized carbons (Fsp3) is 0.600. The maximum atomic E-state index is 12.3. The van der Waals surface area contributed by atoms with Crippen molar-refractivity contribution >= 4 is 17.9 Å². The van der Waals surface area contributed by atoms with Crippen LogP contribution in [0.5, 0.6) is 0 Å². The smallest absolute Gasteiger partial charge is 0.443 e. The van der Waals surface area contributed by atoms with Gasteiger partial charge in [-0.1, -0.05) is 12.1 Å². The Morgan fingerprint density at radius 3 is 2.66 bits per heavy atom. The maximum Gasteiger partial charge on any atom is 0.510 e. The lowest BCUT2D eigenvalue weighted by Gasteiger charge is -2.34. The quantitative estimate of drug-likeness (QED) is 0.711. The number of rotatable bonds is 5. The third kappa shape index (κ3) is 6.06. The minimum atomic E-state index is -0.698. The second-order valence-corrected chi connectivity index (χ2v) is 8.27. The Morgan fingerprint density at radius 1 is 1.28 bits per heavy atom. The van der Waals surface area contributed by atoms with Crippen LogP contribution in [0.15, 0.2) is 24.3 Å². The van der Waals surface area contributed by atoms with E-state index in [0.717, 1.165) is 17.8 Å². The van der Waals surface area contributed by atoms with Gasteiger partial charge in [0.25, 0.3) is 0 Å². The standard InChI is InChI=1S/C20H30N4O5/c1-20(2,3)29-19(26)28-17-13-23(9-8-22-17)11-16-12-24(18(25)27-16)15-6-4-14(10-21)5-7-15/h4-7,16-17,22H,8-13,21H2,1-3H3. The van der Waals surface area contributed by atoms with E-state index in [-0.39, 0.29) is 12.2 Å². The molecule has 9 heteroatoms. The predicted octanol–water partition coefficient (Wildman–Crippen LogP) is 1.65. The molecular weight excluding hydrogens is 376 g/mol. The summed E-state index contributed by atoms with van der Waals surface area (Å²) in [5, 5.41) is 3.15. The van der Waals surface area contributed by atoms with Crippen LogP contribution in [0.3, 0.4) is 0 Å². The number of nitrogens with two attached hydrogens (primary N) is 1. The number of ether oxygens (including phenoxy) is 3. The third-order valence-electron chi connectivity index (χ3n) is 4.67. The number of nitrogens with zero attached hydrogens (tertiary/aromatic N) is 2. The van der Waals surface area contributed by atoms with E-state index in [9.17, 15) is 9.59 Å². The Kier molecular flexibility index (Phi) is 6.61. The van der Waals surface area contributed by atoms with Crippen LogP contribution in [0.2, 0.25) is 0 Å². The molecule has 2 unspecified atom stereocenters. The Hall–Kier alpha value is -2.36. The molecule has 0 saturated carbocycles. The number of hydrogen-bond acceptors (Lipinski definition) is 8. The van der Waals surface area contributed by atoms with Gasteiger partial charge in [-0.3, -0.25) is 15.1 Å². The lowest BCUT2D eigenvalue weighted by molar-refractivity contribution is -0.0508. The molecule has 1 aromatic rings. The van der Waals surface area contributed by atoms with E-state index < -0.39 is 18.0 Å². The lowest BCUT2D eigenvalue weighted by atomic mass is 10.2. The third-order valence-corrected chi connectivity index (χ3v) is 4.67. The number of carbonyl (C=O) groups is 2. The van der Waals surface area contributed by atoms with Crippen LogP contribution in [0.1, 0.15) is 26.3 Å². The van der Waals surface area contributed by atoms with E-state index in [2.05, 4.69) is 10.2 Å². The minimum Gasteiger partial charge on any atom is -0.443 e. The van der Waals surface area contributed by atoms with E-state index in [4.69, 9.17) is 19.9 Å². The molecule has 1 amide bonds. The fourth-order valence-electron chi connectivity index (χ4n) is 3.34. The van der Waals surface area contributed by atoms with Crippen molar-refractivity contribution in [1.29, 1.82) is 0 Å². The second-order valence-electron chi connectivity index (χ2n) is 8.27. The molecule has 9 nitrogen and oxygen atoms in total. The fourth-order valence-corrected chi connectivity index (χ4v) is 3.34. The van der Waals surface area contributed by atoms with Crippen LogP contribution in [0, 0.1) is 0 Å². The summed E-state index contributed by atoms with van der Waals surface area (Å²) in [5.41, 5.74) is 6.82. The van der Waals surface area contributed by atoms with Crippen LogP contribution in [-0.2, 0) is 20.8 Å². The van der Waals surface area contributed by atoms with Crippen LogP contribution in [0.4, 0.5) is 15.3 Å². The van der Waals surface area contributed by atoms with E-state index >= 15 is 0 Å². The van der Waals surface area contributed by atoms with Gasteiger partial charge in [-0.15, -0.1) is 0 Å². The van der Waals surface area contributed by atoms with Gasteiger partial charge in [0.2, 0.25) is 0 Å². The van der Waals surface area contributed by atoms with Crippen LogP contribution < -0.4 is 16.0 Å². The number of anilines is 1. The first-order chi connectivity index (χ1) is 13.7. The summed E-state index contributed by atoms with van der Waals surface area (Å²) in [4.78, 5) is 27.9. The van der Waals surface area contributed by atoms with Crippen molar-refractivity contribution in [2.75, 3.05) is 37.6 Å². The molecule has 0 aliphatic carbocycles. The minimum absolute atomic E-state index is 0.253. The summed E-state index contributed by atoms with van der Waals surface area (Å²) in [6.45, 7) is 8.81. The molecule has 2 aliphatic rings. The average Bonchev–Trinajstić information content (AvgIpc) is 3.00. The Labute approximate surface area is 171 Å². The Morgan fingerprint density at radius 2 is 2.00 bits per heavy atom. The highest BCUT2D eigenvalue weighted by Crippen LogP contribution is 2.23. The van der Waals surface area contributed by atoms with Gasteiger partial charge in [0.15, 0.2) is 6.23 Å². The SMILES string of the molecule is CC(C)(C)OC(=O)OC1CN(CC2CN(c3ccc(CN)cc3)C(=O)O2)CCN1. The van der Waals surface area contributed by atoms with Gasteiger partial charge in [-0.2, -0.15) is 0 Å². The molecule has 29 heavy (non-hydrogen) atoms. The highest BCUT2D eigenvalue weighted by Gasteiger charge is 2.35. The number of piperazine rings is 1. The van der Waals surface area contributed by atoms with Gasteiger partial charge in [-0.05, 0) is 38.5 Å². The van der Waals surface area contributed by atoms with Gasteiger partial charge >= 0.3 is 12.2 Å². The van der Waals surface area contributed by atoms with E-state index in [1.165, 1.54) is 0 Å². The van der Waals surface area contributed by atoms with Gasteiger partial charge in [0.1, 0.15) is 11.7 Å². The van der Waals surface area contributed by atoms with Crippen molar-refractivity contribution in [3.05, 3.63) is 29.8 Å². The van der Waals surface area contributed by atoms with Crippen LogP contribution in [-0.4, -0.2) is 67.8 Å². The summed E-state index contributed by atoms with van der Waals surface area (Å²) in [7, 11) is 0. The monoisotopic (exact) mass is 406 g/mol. The molecular formula is C20H30N4O5. The molecule has 2 fully saturated rings. The molecule has 1 aromatic carbocycles. The van der Waals surface area contributed by atoms with Gasteiger partial charge < -0.3 is 19.9 Å². The van der Waals surface area contributed by atoms with Crippen LogP contribution >= 0.6 is 0 Å². The number of carbonyl (C=O) groups excluding carboxylic acids is 2. The molecule has 3 rings (SSSR count). The van der Waals surface area contributed by atoms with Crippen molar-refractivity contribution in [3.8, 4) is 0 Å². The zero-order valence-electron chi connectivity index (χ0n) is 17.2. The van der Waals surface area contributed by atoms with Crippen molar-refractivity contribution in [2.45, 2.75) is 45.2 Å². The molecule has 0 spiro atoms. The van der Waals surface area contributed by atoms with Crippen molar-refractivity contribution in [1.82, 2.24) is 10.2 Å². The first-order valence-electron chi connectivity index (χ1n) is 9.86. The lowest BCUT2D eigenvalue weighted by Crippen LogP contribution is -2.54. The van der Waals surface area contributed by atoms with Gasteiger partial charge in [-0.25, -0.2) is 9.59 Å². The van der Waals surface area contributed by atoms with Crippen molar-refractivity contribution in [3.63, 3.8) is 0 Å².